The molecule has 0 unspecified atom stereocenters. The third-order valence-electron chi connectivity index (χ3n) is 5.52. The molecular formula is C22H26FN3O3. The lowest BCUT2D eigenvalue weighted by molar-refractivity contribution is -0.155. The van der Waals surface area contributed by atoms with Crippen LogP contribution in [0.4, 0.5) is 4.39 Å². The zero-order chi connectivity index (χ0) is 20.1. The molecule has 0 radical (unpaired) electrons. The highest BCUT2D eigenvalue weighted by atomic mass is 19.1. The summed E-state index contributed by atoms with van der Waals surface area (Å²) in [6.45, 7) is 3.70. The molecule has 0 saturated carbocycles. The van der Waals surface area contributed by atoms with Crippen LogP contribution in [0.25, 0.3) is 0 Å². The molecule has 1 aromatic heterocycles. The van der Waals surface area contributed by atoms with Crippen LogP contribution in [-0.4, -0.2) is 65.7 Å². The number of carbonyl (C=O) groups is 1. The number of ether oxygens (including phenoxy) is 2. The van der Waals surface area contributed by atoms with E-state index < -0.39 is 0 Å². The standard InChI is InChI=1S/C22H26FN3O3/c23-17-4-6-20(7-5-17)28-15-21-14-26(22(27)16-29-21)19-8-11-25(12-9-19)13-18-3-1-2-10-24-18/h1-7,10,19,21H,8-9,11-16H2/t21-/m0/s1. The SMILES string of the molecule is O=C1CO[C@H](COc2ccc(F)cc2)CN1C1CCN(Cc2ccccn2)CC1. The molecule has 2 saturated heterocycles. The van der Waals surface area contributed by atoms with Gasteiger partial charge in [-0.15, -0.1) is 0 Å². The predicted octanol–water partition coefficient (Wildman–Crippen LogP) is 2.49. The van der Waals surface area contributed by atoms with Gasteiger partial charge in [0.15, 0.2) is 0 Å². The Bertz CT molecular complexity index is 795. The van der Waals surface area contributed by atoms with Crippen molar-refractivity contribution in [1.82, 2.24) is 14.8 Å². The molecule has 1 atom stereocenters. The van der Waals surface area contributed by atoms with Gasteiger partial charge in [-0.25, -0.2) is 4.39 Å². The molecule has 6 nitrogen and oxygen atoms in total. The third-order valence-corrected chi connectivity index (χ3v) is 5.52. The Kier molecular flexibility index (Phi) is 6.36. The fourth-order valence-electron chi connectivity index (χ4n) is 3.93. The van der Waals surface area contributed by atoms with Gasteiger partial charge in [0.2, 0.25) is 5.91 Å². The number of benzene rings is 1. The summed E-state index contributed by atoms with van der Waals surface area (Å²) in [5.74, 6) is 0.352. The molecule has 2 aromatic rings. The molecule has 2 fully saturated rings. The number of rotatable bonds is 6. The number of carbonyl (C=O) groups excluding carboxylic acids is 1. The number of piperidine rings is 1. The molecule has 4 rings (SSSR count). The van der Waals surface area contributed by atoms with Gasteiger partial charge in [0.25, 0.3) is 0 Å². The monoisotopic (exact) mass is 399 g/mol. The molecule has 0 N–H and O–H groups in total. The van der Waals surface area contributed by atoms with Gasteiger partial charge < -0.3 is 14.4 Å². The molecule has 0 spiro atoms. The van der Waals surface area contributed by atoms with Crippen molar-refractivity contribution in [1.29, 1.82) is 0 Å². The van der Waals surface area contributed by atoms with Crippen LogP contribution in [0.1, 0.15) is 18.5 Å². The smallest absolute Gasteiger partial charge is 0.248 e. The van der Waals surface area contributed by atoms with E-state index >= 15 is 0 Å². The van der Waals surface area contributed by atoms with E-state index in [2.05, 4.69) is 9.88 Å². The second-order valence-corrected chi connectivity index (χ2v) is 7.57. The molecule has 154 valence electrons. The average Bonchev–Trinajstić information content (AvgIpc) is 2.76. The molecule has 1 aromatic carbocycles. The second-order valence-electron chi connectivity index (χ2n) is 7.57. The average molecular weight is 399 g/mol. The van der Waals surface area contributed by atoms with Crippen molar-refractivity contribution in [2.45, 2.75) is 31.5 Å². The Morgan fingerprint density at radius 2 is 1.93 bits per heavy atom. The van der Waals surface area contributed by atoms with Crippen LogP contribution >= 0.6 is 0 Å². The van der Waals surface area contributed by atoms with Crippen LogP contribution in [-0.2, 0) is 16.1 Å². The van der Waals surface area contributed by atoms with Crippen molar-refractivity contribution in [3.63, 3.8) is 0 Å². The summed E-state index contributed by atoms with van der Waals surface area (Å²) in [5.41, 5.74) is 1.08. The second kappa shape index (κ2) is 9.33. The third kappa shape index (κ3) is 5.31. The van der Waals surface area contributed by atoms with Crippen molar-refractivity contribution in [2.24, 2.45) is 0 Å². The maximum Gasteiger partial charge on any atom is 0.248 e. The van der Waals surface area contributed by atoms with Gasteiger partial charge in [-0.3, -0.25) is 14.7 Å². The van der Waals surface area contributed by atoms with E-state index in [1.54, 1.807) is 12.1 Å². The molecule has 7 heteroatoms. The summed E-state index contributed by atoms with van der Waals surface area (Å²) >= 11 is 0. The molecule has 1 amide bonds. The minimum atomic E-state index is -0.294. The number of aromatic nitrogens is 1. The van der Waals surface area contributed by atoms with Crippen LogP contribution in [0, 0.1) is 5.82 Å². The number of likely N-dealkylation sites (tertiary alicyclic amines) is 1. The summed E-state index contributed by atoms with van der Waals surface area (Å²) in [6.07, 6.45) is 3.54. The number of halogens is 1. The van der Waals surface area contributed by atoms with Crippen LogP contribution in [0.15, 0.2) is 48.7 Å². The van der Waals surface area contributed by atoms with E-state index in [1.807, 2.05) is 29.3 Å². The number of hydrogen-bond donors (Lipinski definition) is 0. The van der Waals surface area contributed by atoms with Gasteiger partial charge in [0.05, 0.1) is 12.2 Å². The van der Waals surface area contributed by atoms with Crippen LogP contribution in [0.5, 0.6) is 5.75 Å². The molecule has 2 aliphatic rings. The highest BCUT2D eigenvalue weighted by Crippen LogP contribution is 2.22. The zero-order valence-electron chi connectivity index (χ0n) is 16.4. The number of nitrogens with zero attached hydrogens (tertiary/aromatic N) is 3. The lowest BCUT2D eigenvalue weighted by Gasteiger charge is -2.42. The predicted molar refractivity (Wildman–Crippen MR) is 106 cm³/mol. The first-order valence-electron chi connectivity index (χ1n) is 10.1. The van der Waals surface area contributed by atoms with Gasteiger partial charge in [-0.2, -0.15) is 0 Å². The van der Waals surface area contributed by atoms with E-state index in [0.717, 1.165) is 38.2 Å². The minimum Gasteiger partial charge on any atom is -0.491 e. The van der Waals surface area contributed by atoms with Crippen molar-refractivity contribution in [3.05, 3.63) is 60.2 Å². The minimum absolute atomic E-state index is 0.0474. The highest BCUT2D eigenvalue weighted by Gasteiger charge is 2.33. The summed E-state index contributed by atoms with van der Waals surface area (Å²) in [6, 6.07) is 12.1. The van der Waals surface area contributed by atoms with Gasteiger partial charge in [-0.1, -0.05) is 6.07 Å². The molecule has 29 heavy (non-hydrogen) atoms. The normalized spacial score (nSPS) is 21.3. The molecule has 0 aliphatic carbocycles. The van der Waals surface area contributed by atoms with Crippen molar-refractivity contribution < 1.29 is 18.7 Å². The number of hydrogen-bond acceptors (Lipinski definition) is 5. The van der Waals surface area contributed by atoms with E-state index in [0.29, 0.717) is 18.9 Å². The topological polar surface area (TPSA) is 54.9 Å². The first-order valence-corrected chi connectivity index (χ1v) is 10.1. The van der Waals surface area contributed by atoms with Crippen molar-refractivity contribution in [3.8, 4) is 5.75 Å². The Morgan fingerprint density at radius 1 is 1.14 bits per heavy atom. The van der Waals surface area contributed by atoms with Crippen LogP contribution < -0.4 is 4.74 Å². The largest absolute Gasteiger partial charge is 0.491 e. The van der Waals surface area contributed by atoms with Crippen LogP contribution in [0.2, 0.25) is 0 Å². The Morgan fingerprint density at radius 3 is 2.66 bits per heavy atom. The van der Waals surface area contributed by atoms with E-state index in [4.69, 9.17) is 9.47 Å². The van der Waals surface area contributed by atoms with Crippen molar-refractivity contribution in [2.75, 3.05) is 32.8 Å². The molecular weight excluding hydrogens is 373 g/mol. The molecule has 0 bridgehead atoms. The van der Waals surface area contributed by atoms with Gasteiger partial charge in [0.1, 0.15) is 30.9 Å². The van der Waals surface area contributed by atoms with Gasteiger partial charge in [-0.05, 0) is 49.2 Å². The first-order chi connectivity index (χ1) is 14.2. The number of morpholine rings is 1. The number of pyridine rings is 1. The van der Waals surface area contributed by atoms with E-state index in [1.165, 1.54) is 12.1 Å². The summed E-state index contributed by atoms with van der Waals surface area (Å²) in [7, 11) is 0. The molecule has 2 aliphatic heterocycles. The first kappa shape index (κ1) is 19.8. The fraction of sp³-hybridized carbons (Fsp3) is 0.455. The summed E-state index contributed by atoms with van der Waals surface area (Å²) in [4.78, 5) is 21.2. The maximum atomic E-state index is 13.0. The van der Waals surface area contributed by atoms with Crippen LogP contribution in [0.3, 0.4) is 0 Å². The lowest BCUT2D eigenvalue weighted by Crippen LogP contribution is -2.55. The lowest BCUT2D eigenvalue weighted by atomic mass is 10.0. The Balaban J connectivity index is 1.26. The quantitative estimate of drug-likeness (QED) is 0.747. The van der Waals surface area contributed by atoms with E-state index in [9.17, 15) is 9.18 Å². The number of amides is 1. The summed E-state index contributed by atoms with van der Waals surface area (Å²) in [5, 5.41) is 0. The van der Waals surface area contributed by atoms with Crippen molar-refractivity contribution >= 4 is 5.91 Å². The van der Waals surface area contributed by atoms with Gasteiger partial charge >= 0.3 is 0 Å². The Hall–Kier alpha value is -2.51. The zero-order valence-corrected chi connectivity index (χ0v) is 16.4. The van der Waals surface area contributed by atoms with E-state index in [-0.39, 0.29) is 30.5 Å². The highest BCUT2D eigenvalue weighted by molar-refractivity contribution is 5.78. The maximum absolute atomic E-state index is 13.0. The fourth-order valence-corrected chi connectivity index (χ4v) is 3.93. The Labute approximate surface area is 170 Å². The molecule has 3 heterocycles. The summed E-state index contributed by atoms with van der Waals surface area (Å²) < 4.78 is 24.4. The van der Waals surface area contributed by atoms with Gasteiger partial charge in [0, 0.05) is 31.9 Å².